The van der Waals surface area contributed by atoms with Gasteiger partial charge < -0.3 is 4.74 Å². The van der Waals surface area contributed by atoms with E-state index in [0.717, 1.165) is 38.4 Å². The Morgan fingerprint density at radius 2 is 2.00 bits per heavy atom. The molecule has 1 aliphatic carbocycles. The molecule has 0 bridgehead atoms. The summed E-state index contributed by atoms with van der Waals surface area (Å²) in [5, 5.41) is 0.405. The molecule has 1 nitrogen and oxygen atoms in total. The molecular formula is C12H23ClO. The van der Waals surface area contributed by atoms with Crippen molar-refractivity contribution in [2.75, 3.05) is 13.2 Å². The summed E-state index contributed by atoms with van der Waals surface area (Å²) in [6.07, 6.45) is 8.86. The fourth-order valence-corrected chi connectivity index (χ4v) is 2.59. The minimum Gasteiger partial charge on any atom is -0.381 e. The molecule has 14 heavy (non-hydrogen) atoms. The molecule has 1 rings (SSSR count). The van der Waals surface area contributed by atoms with Gasteiger partial charge in [-0.1, -0.05) is 19.8 Å². The van der Waals surface area contributed by atoms with Gasteiger partial charge in [0.05, 0.1) is 0 Å². The van der Waals surface area contributed by atoms with Crippen LogP contribution in [-0.2, 0) is 4.74 Å². The largest absolute Gasteiger partial charge is 0.381 e. The van der Waals surface area contributed by atoms with Gasteiger partial charge in [-0.05, 0) is 38.0 Å². The van der Waals surface area contributed by atoms with Gasteiger partial charge in [0.15, 0.2) is 0 Å². The fraction of sp³-hybridized carbons (Fsp3) is 1.00. The van der Waals surface area contributed by atoms with Crippen LogP contribution in [0.1, 0.15) is 51.9 Å². The van der Waals surface area contributed by atoms with Crippen molar-refractivity contribution in [3.05, 3.63) is 0 Å². The highest BCUT2D eigenvalue weighted by molar-refractivity contribution is 6.20. The lowest BCUT2D eigenvalue weighted by Gasteiger charge is -2.16. The van der Waals surface area contributed by atoms with Crippen LogP contribution in [0.3, 0.4) is 0 Å². The first kappa shape index (κ1) is 12.3. The van der Waals surface area contributed by atoms with E-state index in [2.05, 4.69) is 6.92 Å². The quantitative estimate of drug-likeness (QED) is 0.464. The van der Waals surface area contributed by atoms with Crippen molar-refractivity contribution in [2.24, 2.45) is 5.92 Å². The van der Waals surface area contributed by atoms with Crippen LogP contribution in [0.2, 0.25) is 0 Å². The van der Waals surface area contributed by atoms with Gasteiger partial charge >= 0.3 is 0 Å². The Balaban J connectivity index is 1.94. The molecule has 0 heterocycles. The van der Waals surface area contributed by atoms with Gasteiger partial charge in [-0.3, -0.25) is 0 Å². The molecule has 0 aromatic rings. The number of ether oxygens (including phenoxy) is 1. The van der Waals surface area contributed by atoms with E-state index in [1.165, 1.54) is 25.7 Å². The molecule has 1 aliphatic rings. The standard InChI is InChI=1S/C12H23ClO/c1-2-9-14-10-5-8-12(13)11-6-3-4-7-11/h11-12H,2-10H2,1H3. The van der Waals surface area contributed by atoms with Crippen molar-refractivity contribution in [1.82, 2.24) is 0 Å². The van der Waals surface area contributed by atoms with Crippen molar-refractivity contribution in [2.45, 2.75) is 57.2 Å². The minimum atomic E-state index is 0.405. The number of hydrogen-bond acceptors (Lipinski definition) is 1. The van der Waals surface area contributed by atoms with Crippen LogP contribution in [0.25, 0.3) is 0 Å². The third-order valence-electron chi connectivity index (χ3n) is 3.03. The van der Waals surface area contributed by atoms with E-state index in [4.69, 9.17) is 16.3 Å². The molecule has 0 radical (unpaired) electrons. The minimum absolute atomic E-state index is 0.405. The van der Waals surface area contributed by atoms with Crippen LogP contribution in [0.5, 0.6) is 0 Å². The molecule has 0 spiro atoms. The molecule has 84 valence electrons. The van der Waals surface area contributed by atoms with Crippen molar-refractivity contribution >= 4 is 11.6 Å². The van der Waals surface area contributed by atoms with Gasteiger partial charge in [0, 0.05) is 18.6 Å². The molecule has 1 atom stereocenters. The fourth-order valence-electron chi connectivity index (χ4n) is 2.18. The van der Waals surface area contributed by atoms with Crippen LogP contribution in [0.15, 0.2) is 0 Å². The van der Waals surface area contributed by atoms with E-state index in [9.17, 15) is 0 Å². The zero-order chi connectivity index (χ0) is 10.2. The average molecular weight is 219 g/mol. The summed E-state index contributed by atoms with van der Waals surface area (Å²) in [4.78, 5) is 0. The zero-order valence-electron chi connectivity index (χ0n) is 9.30. The molecule has 0 aromatic heterocycles. The van der Waals surface area contributed by atoms with Crippen molar-refractivity contribution in [3.63, 3.8) is 0 Å². The monoisotopic (exact) mass is 218 g/mol. The Hall–Kier alpha value is 0.250. The topological polar surface area (TPSA) is 9.23 Å². The van der Waals surface area contributed by atoms with Gasteiger partial charge in [0.1, 0.15) is 0 Å². The smallest absolute Gasteiger partial charge is 0.0466 e. The molecule has 0 N–H and O–H groups in total. The number of alkyl halides is 1. The molecule has 0 aliphatic heterocycles. The summed E-state index contributed by atoms with van der Waals surface area (Å²) < 4.78 is 5.44. The van der Waals surface area contributed by atoms with Gasteiger partial charge in [-0.25, -0.2) is 0 Å². The van der Waals surface area contributed by atoms with Crippen LogP contribution < -0.4 is 0 Å². The summed E-state index contributed by atoms with van der Waals surface area (Å²) in [7, 11) is 0. The summed E-state index contributed by atoms with van der Waals surface area (Å²) >= 11 is 6.34. The lowest BCUT2D eigenvalue weighted by atomic mass is 10.0. The van der Waals surface area contributed by atoms with E-state index in [-0.39, 0.29) is 0 Å². The van der Waals surface area contributed by atoms with Crippen molar-refractivity contribution < 1.29 is 4.74 Å². The third-order valence-corrected chi connectivity index (χ3v) is 3.60. The maximum Gasteiger partial charge on any atom is 0.0466 e. The maximum absolute atomic E-state index is 6.34. The predicted molar refractivity (Wildman–Crippen MR) is 61.9 cm³/mol. The molecule has 0 aromatic carbocycles. The van der Waals surface area contributed by atoms with Gasteiger partial charge in [-0.15, -0.1) is 11.6 Å². The predicted octanol–water partition coefficient (Wildman–Crippen LogP) is 3.99. The van der Waals surface area contributed by atoms with E-state index in [1.54, 1.807) is 0 Å². The Morgan fingerprint density at radius 3 is 2.64 bits per heavy atom. The number of hydrogen-bond donors (Lipinski definition) is 0. The molecule has 1 unspecified atom stereocenters. The number of rotatable bonds is 7. The van der Waals surface area contributed by atoms with Gasteiger partial charge in [-0.2, -0.15) is 0 Å². The highest BCUT2D eigenvalue weighted by Gasteiger charge is 2.22. The highest BCUT2D eigenvalue weighted by atomic mass is 35.5. The van der Waals surface area contributed by atoms with Crippen molar-refractivity contribution in [1.29, 1.82) is 0 Å². The summed E-state index contributed by atoms with van der Waals surface area (Å²) in [5.41, 5.74) is 0. The Labute approximate surface area is 93.2 Å². The average Bonchev–Trinajstić information content (AvgIpc) is 2.70. The van der Waals surface area contributed by atoms with Gasteiger partial charge in [0.2, 0.25) is 0 Å². The molecule has 2 heteroatoms. The van der Waals surface area contributed by atoms with E-state index >= 15 is 0 Å². The van der Waals surface area contributed by atoms with Gasteiger partial charge in [0.25, 0.3) is 0 Å². The van der Waals surface area contributed by atoms with E-state index in [0.29, 0.717) is 5.38 Å². The second-order valence-corrected chi connectivity index (χ2v) is 4.88. The summed E-state index contributed by atoms with van der Waals surface area (Å²) in [6, 6.07) is 0. The summed E-state index contributed by atoms with van der Waals surface area (Å²) in [6.45, 7) is 3.93. The first-order valence-electron chi connectivity index (χ1n) is 6.06. The lowest BCUT2D eigenvalue weighted by molar-refractivity contribution is 0.130. The molecule has 1 fully saturated rings. The van der Waals surface area contributed by atoms with E-state index in [1.807, 2.05) is 0 Å². The zero-order valence-corrected chi connectivity index (χ0v) is 10.1. The normalized spacial score (nSPS) is 20.1. The molecule has 0 saturated heterocycles. The first-order chi connectivity index (χ1) is 6.84. The molecule has 0 amide bonds. The second kappa shape index (κ2) is 7.53. The van der Waals surface area contributed by atoms with Crippen molar-refractivity contribution in [3.8, 4) is 0 Å². The molecule has 1 saturated carbocycles. The Morgan fingerprint density at radius 1 is 1.29 bits per heavy atom. The third kappa shape index (κ3) is 4.65. The van der Waals surface area contributed by atoms with Crippen LogP contribution in [-0.4, -0.2) is 18.6 Å². The first-order valence-corrected chi connectivity index (χ1v) is 6.50. The highest BCUT2D eigenvalue weighted by Crippen LogP contribution is 2.32. The van der Waals surface area contributed by atoms with Crippen LogP contribution in [0.4, 0.5) is 0 Å². The molecular weight excluding hydrogens is 196 g/mol. The van der Waals surface area contributed by atoms with E-state index < -0.39 is 0 Å². The number of halogens is 1. The SMILES string of the molecule is CCCOCCCC(Cl)C1CCCC1. The Kier molecular flexibility index (Phi) is 6.63. The van der Waals surface area contributed by atoms with Crippen LogP contribution >= 0.6 is 11.6 Å². The lowest BCUT2D eigenvalue weighted by Crippen LogP contribution is -2.12. The Bertz CT molecular complexity index is 132. The second-order valence-electron chi connectivity index (χ2n) is 4.32. The van der Waals surface area contributed by atoms with Crippen LogP contribution in [0, 0.1) is 5.92 Å². The summed E-state index contributed by atoms with van der Waals surface area (Å²) in [5.74, 6) is 0.794. The maximum atomic E-state index is 6.34.